The fourth-order valence-corrected chi connectivity index (χ4v) is 2.89. The molecule has 2 nitrogen and oxygen atoms in total. The van der Waals surface area contributed by atoms with Crippen molar-refractivity contribution >= 4 is 5.69 Å². The second kappa shape index (κ2) is 5.68. The van der Waals surface area contributed by atoms with Crippen LogP contribution in [0.2, 0.25) is 0 Å². The largest absolute Gasteiger partial charge is 0.365 e. The molecule has 1 aromatic carbocycles. The average Bonchev–Trinajstić information content (AvgIpc) is 2.83. The van der Waals surface area contributed by atoms with Crippen LogP contribution in [-0.4, -0.2) is 18.1 Å². The third-order valence-electron chi connectivity index (χ3n) is 3.91. The molecular weight excluding hydrogens is 232 g/mol. The van der Waals surface area contributed by atoms with Gasteiger partial charge in [0.2, 0.25) is 0 Å². The minimum atomic E-state index is 0.246. The first kappa shape index (κ1) is 16.3. The average molecular weight is 264 g/mol. The Morgan fingerprint density at radius 2 is 1.53 bits per heavy atom. The molecule has 0 aliphatic rings. The van der Waals surface area contributed by atoms with E-state index in [1.165, 1.54) is 16.6 Å². The summed E-state index contributed by atoms with van der Waals surface area (Å²) in [4.78, 5) is 7.52. The van der Waals surface area contributed by atoms with Gasteiger partial charge in [0.15, 0.2) is 0 Å². The third kappa shape index (κ3) is 3.61. The van der Waals surface area contributed by atoms with Crippen molar-refractivity contribution in [2.75, 3.05) is 4.90 Å². The Labute approximate surface area is 119 Å². The van der Waals surface area contributed by atoms with Crippen LogP contribution in [0.15, 0.2) is 4.99 Å². The summed E-state index contributed by atoms with van der Waals surface area (Å²) < 4.78 is 0. The van der Waals surface area contributed by atoms with Crippen LogP contribution in [-0.2, 0) is 0 Å². The molecule has 0 bridgehead atoms. The lowest BCUT2D eigenvalue weighted by molar-refractivity contribution is 0.311. The van der Waals surface area contributed by atoms with Crippen molar-refractivity contribution in [3.8, 4) is 0 Å². The first-order valence-corrected chi connectivity index (χ1v) is 7.69. The maximum atomic E-state index is 5.03. The van der Waals surface area contributed by atoms with E-state index in [0.29, 0.717) is 18.1 Å². The van der Waals surface area contributed by atoms with Crippen LogP contribution in [0.25, 0.3) is 0 Å². The van der Waals surface area contributed by atoms with E-state index in [1.54, 1.807) is 0 Å². The molecule has 0 heterocycles. The van der Waals surface area contributed by atoms with Crippen molar-refractivity contribution in [3.05, 3.63) is 10.9 Å². The van der Waals surface area contributed by atoms with Crippen LogP contribution in [0.4, 0.5) is 5.69 Å². The molecule has 0 unspecified atom stereocenters. The van der Waals surface area contributed by atoms with Crippen LogP contribution in [0, 0.1) is 12.3 Å². The Kier molecular flexibility index (Phi) is 4.86. The van der Waals surface area contributed by atoms with Crippen molar-refractivity contribution in [1.82, 2.24) is 0 Å². The number of rotatable bonds is 5. The van der Waals surface area contributed by atoms with E-state index in [4.69, 9.17) is 4.99 Å². The Morgan fingerprint density at radius 1 is 1.05 bits per heavy atom. The Bertz CT molecular complexity index is 418. The van der Waals surface area contributed by atoms with Gasteiger partial charge in [-0.2, -0.15) is 0 Å². The quantitative estimate of drug-likeness (QED) is 0.777. The fourth-order valence-electron chi connectivity index (χ4n) is 2.89. The highest BCUT2D eigenvalue weighted by atomic mass is 15.2. The predicted molar refractivity (Wildman–Crippen MR) is 85.4 cm³/mol. The van der Waals surface area contributed by atoms with Crippen molar-refractivity contribution in [1.29, 1.82) is 0 Å². The number of anilines is 1. The molecule has 0 spiro atoms. The lowest BCUT2D eigenvalue weighted by Crippen LogP contribution is -2.36. The summed E-state index contributed by atoms with van der Waals surface area (Å²) in [5.74, 6) is 0. The van der Waals surface area contributed by atoms with Crippen LogP contribution < -0.4 is 10.3 Å². The van der Waals surface area contributed by atoms with Crippen molar-refractivity contribution < 1.29 is 0 Å². The molecule has 0 radical (unpaired) electrons. The normalized spacial score (nSPS) is 15.8. The van der Waals surface area contributed by atoms with E-state index >= 15 is 0 Å². The second-order valence-electron chi connectivity index (χ2n) is 7.34. The molecule has 1 rings (SSSR count). The molecule has 0 aliphatic carbocycles. The Morgan fingerprint density at radius 3 is 1.84 bits per heavy atom. The summed E-state index contributed by atoms with van der Waals surface area (Å²) in [7, 11) is 0. The highest BCUT2D eigenvalue weighted by Gasteiger charge is 2.29. The highest BCUT2D eigenvalue weighted by Crippen LogP contribution is 2.29. The Balaban J connectivity index is 3.06. The van der Waals surface area contributed by atoms with Crippen LogP contribution >= 0.6 is 0 Å². The summed E-state index contributed by atoms with van der Waals surface area (Å²) in [6.45, 7) is 20.3. The summed E-state index contributed by atoms with van der Waals surface area (Å²) >= 11 is 0. The SMILES string of the molecule is CC[C@@H](/N=c1/c(C)c1N(C(C)C)C(C)C)C(C)(C)C. The zero-order valence-corrected chi connectivity index (χ0v) is 14.3. The molecule has 110 valence electrons. The molecule has 0 amide bonds. The van der Waals surface area contributed by atoms with Gasteiger partial charge >= 0.3 is 0 Å². The van der Waals surface area contributed by atoms with Gasteiger partial charge in [0.25, 0.3) is 0 Å². The lowest BCUT2D eigenvalue weighted by atomic mass is 9.86. The number of hydrogen-bond donors (Lipinski definition) is 0. The number of nitrogens with zero attached hydrogens (tertiary/aromatic N) is 2. The molecule has 0 N–H and O–H groups in total. The van der Waals surface area contributed by atoms with Gasteiger partial charge in [-0.15, -0.1) is 0 Å². The monoisotopic (exact) mass is 264 g/mol. The van der Waals surface area contributed by atoms with E-state index in [9.17, 15) is 0 Å². The highest BCUT2D eigenvalue weighted by molar-refractivity contribution is 5.65. The minimum absolute atomic E-state index is 0.246. The molecule has 0 saturated carbocycles. The molecule has 2 heteroatoms. The molecule has 19 heavy (non-hydrogen) atoms. The lowest BCUT2D eigenvalue weighted by Gasteiger charge is -2.30. The van der Waals surface area contributed by atoms with Crippen molar-refractivity contribution in [2.45, 2.75) is 86.9 Å². The summed E-state index contributed by atoms with van der Waals surface area (Å²) in [5.41, 5.74) is 3.04. The van der Waals surface area contributed by atoms with E-state index in [-0.39, 0.29) is 5.41 Å². The summed E-state index contributed by atoms with van der Waals surface area (Å²) in [6.07, 6.45) is 1.11. The van der Waals surface area contributed by atoms with Crippen molar-refractivity contribution in [2.24, 2.45) is 10.4 Å². The van der Waals surface area contributed by atoms with E-state index in [1.807, 2.05) is 0 Å². The maximum Gasteiger partial charge on any atom is 0.0865 e. The smallest absolute Gasteiger partial charge is 0.0865 e. The maximum absolute atomic E-state index is 5.03. The van der Waals surface area contributed by atoms with E-state index in [0.717, 1.165) is 6.42 Å². The van der Waals surface area contributed by atoms with Crippen LogP contribution in [0.3, 0.4) is 0 Å². The van der Waals surface area contributed by atoms with Crippen LogP contribution in [0.5, 0.6) is 0 Å². The summed E-state index contributed by atoms with van der Waals surface area (Å²) in [6, 6.07) is 1.48. The van der Waals surface area contributed by atoms with Gasteiger partial charge in [0, 0.05) is 17.6 Å². The molecular formula is C17H32N2. The first-order chi connectivity index (χ1) is 8.61. The predicted octanol–water partition coefficient (Wildman–Crippen LogP) is 4.22. The van der Waals surface area contributed by atoms with Crippen molar-refractivity contribution in [3.63, 3.8) is 0 Å². The zero-order chi connectivity index (χ0) is 15.0. The molecule has 0 fully saturated rings. The fraction of sp³-hybridized carbons (Fsp3) is 0.824. The zero-order valence-electron chi connectivity index (χ0n) is 14.3. The Hall–Kier alpha value is -0.790. The number of hydrogen-bond acceptors (Lipinski definition) is 2. The van der Waals surface area contributed by atoms with E-state index in [2.05, 4.69) is 67.2 Å². The minimum Gasteiger partial charge on any atom is -0.365 e. The molecule has 0 aliphatic heterocycles. The molecule has 1 aromatic rings. The third-order valence-corrected chi connectivity index (χ3v) is 3.91. The van der Waals surface area contributed by atoms with Crippen LogP contribution in [0.1, 0.15) is 67.4 Å². The molecule has 0 saturated heterocycles. The first-order valence-electron chi connectivity index (χ1n) is 7.69. The summed E-state index contributed by atoms with van der Waals surface area (Å²) in [5, 5.41) is 1.27. The van der Waals surface area contributed by atoms with Gasteiger partial charge in [-0.05, 0) is 46.5 Å². The molecule has 1 atom stereocenters. The van der Waals surface area contributed by atoms with Gasteiger partial charge in [-0.3, -0.25) is 4.99 Å². The van der Waals surface area contributed by atoms with E-state index < -0.39 is 0 Å². The van der Waals surface area contributed by atoms with Gasteiger partial charge < -0.3 is 4.90 Å². The standard InChI is InChI=1S/C17H32N2/c1-10-14(17(7,8)9)18-15-13(6)16(15)19(11(2)3)12(4)5/h11-12,14H,10H2,1-9H3/b18-15-/t14-/m1/s1. The second-order valence-corrected chi connectivity index (χ2v) is 7.34. The van der Waals surface area contributed by atoms with Gasteiger partial charge in [-0.1, -0.05) is 27.7 Å². The molecule has 0 aromatic heterocycles. The van der Waals surface area contributed by atoms with Gasteiger partial charge in [-0.25, -0.2) is 0 Å². The van der Waals surface area contributed by atoms with Gasteiger partial charge in [0.1, 0.15) is 0 Å². The van der Waals surface area contributed by atoms with Gasteiger partial charge in [0.05, 0.1) is 17.1 Å². The topological polar surface area (TPSA) is 15.6 Å².